The van der Waals surface area contributed by atoms with Gasteiger partial charge in [0.2, 0.25) is 0 Å². The highest BCUT2D eigenvalue weighted by atomic mass is 32.2. The molecule has 2 unspecified atom stereocenters. The standard InChI is InChI=1S/C8H14N2OS2/c1-7(13(2)11)3-9-4-8-5-12-6-10-8/h5-7,9H,3-4H2,1-2H3. The van der Waals surface area contributed by atoms with Gasteiger partial charge in [0.25, 0.3) is 0 Å². The van der Waals surface area contributed by atoms with Crippen LogP contribution in [0.5, 0.6) is 0 Å². The second kappa shape index (κ2) is 5.47. The van der Waals surface area contributed by atoms with Crippen molar-refractivity contribution in [1.29, 1.82) is 0 Å². The Morgan fingerprint density at radius 3 is 3.08 bits per heavy atom. The van der Waals surface area contributed by atoms with E-state index in [-0.39, 0.29) is 5.25 Å². The summed E-state index contributed by atoms with van der Waals surface area (Å²) in [5, 5.41) is 5.44. The lowest BCUT2D eigenvalue weighted by atomic mass is 10.4. The van der Waals surface area contributed by atoms with E-state index in [4.69, 9.17) is 0 Å². The fourth-order valence-electron chi connectivity index (χ4n) is 0.846. The molecule has 3 nitrogen and oxygen atoms in total. The van der Waals surface area contributed by atoms with E-state index in [1.54, 1.807) is 17.6 Å². The molecular formula is C8H14N2OS2. The molecule has 2 atom stereocenters. The van der Waals surface area contributed by atoms with E-state index < -0.39 is 10.8 Å². The first kappa shape index (κ1) is 10.8. The van der Waals surface area contributed by atoms with Crippen LogP contribution in [-0.2, 0) is 17.3 Å². The minimum atomic E-state index is -0.739. The van der Waals surface area contributed by atoms with E-state index in [0.717, 1.165) is 18.8 Å². The van der Waals surface area contributed by atoms with Crippen molar-refractivity contribution in [2.24, 2.45) is 0 Å². The Hall–Kier alpha value is -0.260. The monoisotopic (exact) mass is 218 g/mol. The topological polar surface area (TPSA) is 42.0 Å². The molecule has 0 bridgehead atoms. The van der Waals surface area contributed by atoms with Crippen LogP contribution < -0.4 is 5.32 Å². The van der Waals surface area contributed by atoms with Gasteiger partial charge in [0.1, 0.15) is 0 Å². The van der Waals surface area contributed by atoms with E-state index in [2.05, 4.69) is 10.3 Å². The highest BCUT2D eigenvalue weighted by molar-refractivity contribution is 7.84. The highest BCUT2D eigenvalue weighted by Gasteiger charge is 2.04. The van der Waals surface area contributed by atoms with Crippen LogP contribution in [0.4, 0.5) is 0 Å². The van der Waals surface area contributed by atoms with Gasteiger partial charge in [-0.05, 0) is 6.92 Å². The molecule has 0 aliphatic carbocycles. The lowest BCUT2D eigenvalue weighted by Gasteiger charge is -2.08. The largest absolute Gasteiger partial charge is 0.310 e. The molecule has 0 saturated heterocycles. The van der Waals surface area contributed by atoms with Gasteiger partial charge in [0, 0.05) is 40.8 Å². The van der Waals surface area contributed by atoms with Crippen molar-refractivity contribution < 1.29 is 4.21 Å². The average Bonchev–Trinajstić information content (AvgIpc) is 2.56. The molecule has 5 heteroatoms. The van der Waals surface area contributed by atoms with Gasteiger partial charge in [0.05, 0.1) is 11.2 Å². The number of hydrogen-bond acceptors (Lipinski definition) is 4. The molecule has 1 rings (SSSR count). The van der Waals surface area contributed by atoms with E-state index in [1.165, 1.54) is 0 Å². The van der Waals surface area contributed by atoms with Crippen molar-refractivity contribution in [2.45, 2.75) is 18.7 Å². The fourth-order valence-corrected chi connectivity index (χ4v) is 1.76. The van der Waals surface area contributed by atoms with Crippen LogP contribution >= 0.6 is 11.3 Å². The first-order valence-electron chi connectivity index (χ1n) is 4.10. The Morgan fingerprint density at radius 1 is 1.77 bits per heavy atom. The van der Waals surface area contributed by atoms with Crippen LogP contribution in [0.15, 0.2) is 10.9 Å². The van der Waals surface area contributed by atoms with Gasteiger partial charge in [-0.1, -0.05) is 0 Å². The third-order valence-corrected chi connectivity index (χ3v) is 3.72. The maximum absolute atomic E-state index is 11.0. The minimum Gasteiger partial charge on any atom is -0.310 e. The van der Waals surface area contributed by atoms with Gasteiger partial charge in [-0.3, -0.25) is 4.21 Å². The van der Waals surface area contributed by atoms with Gasteiger partial charge in [0.15, 0.2) is 0 Å². The SMILES string of the molecule is CC(CNCc1cscn1)S(C)=O. The van der Waals surface area contributed by atoms with Crippen LogP contribution in [0.2, 0.25) is 0 Å². The van der Waals surface area contributed by atoms with E-state index in [0.29, 0.717) is 0 Å². The predicted molar refractivity (Wildman–Crippen MR) is 57.3 cm³/mol. The van der Waals surface area contributed by atoms with Crippen molar-refractivity contribution in [3.8, 4) is 0 Å². The molecule has 13 heavy (non-hydrogen) atoms. The number of nitrogens with zero attached hydrogens (tertiary/aromatic N) is 1. The first-order chi connectivity index (χ1) is 6.20. The molecule has 1 aromatic rings. The molecule has 74 valence electrons. The Labute approximate surface area is 85.0 Å². The quantitative estimate of drug-likeness (QED) is 0.801. The van der Waals surface area contributed by atoms with Crippen LogP contribution in [-0.4, -0.2) is 27.2 Å². The third-order valence-electron chi connectivity index (χ3n) is 1.79. The van der Waals surface area contributed by atoms with E-state index >= 15 is 0 Å². The van der Waals surface area contributed by atoms with Crippen molar-refractivity contribution in [2.75, 3.05) is 12.8 Å². The molecule has 1 aromatic heterocycles. The smallest absolute Gasteiger partial charge is 0.0795 e. The molecule has 0 aromatic carbocycles. The van der Waals surface area contributed by atoms with Crippen molar-refractivity contribution in [3.63, 3.8) is 0 Å². The number of hydrogen-bond donors (Lipinski definition) is 1. The van der Waals surface area contributed by atoms with Crippen LogP contribution in [0.3, 0.4) is 0 Å². The summed E-state index contributed by atoms with van der Waals surface area (Å²) in [7, 11) is -0.739. The van der Waals surface area contributed by atoms with Crippen molar-refractivity contribution in [3.05, 3.63) is 16.6 Å². The maximum atomic E-state index is 11.0. The lowest BCUT2D eigenvalue weighted by Crippen LogP contribution is -2.27. The number of aromatic nitrogens is 1. The van der Waals surface area contributed by atoms with Gasteiger partial charge < -0.3 is 5.32 Å². The summed E-state index contributed by atoms with van der Waals surface area (Å²) >= 11 is 1.59. The van der Waals surface area contributed by atoms with Crippen LogP contribution in [0.25, 0.3) is 0 Å². The Balaban J connectivity index is 2.18. The second-order valence-corrected chi connectivity index (χ2v) is 5.44. The maximum Gasteiger partial charge on any atom is 0.0795 e. The molecule has 0 amide bonds. The molecular weight excluding hydrogens is 204 g/mol. The first-order valence-corrected chi connectivity index (χ1v) is 6.66. The molecule has 0 radical (unpaired) electrons. The second-order valence-electron chi connectivity index (χ2n) is 2.92. The zero-order valence-corrected chi connectivity index (χ0v) is 9.45. The molecule has 0 spiro atoms. The summed E-state index contributed by atoms with van der Waals surface area (Å²) in [5.41, 5.74) is 2.87. The molecule has 1 N–H and O–H groups in total. The number of nitrogens with one attached hydrogen (secondary N) is 1. The lowest BCUT2D eigenvalue weighted by molar-refractivity contribution is 0.643. The average molecular weight is 218 g/mol. The zero-order chi connectivity index (χ0) is 9.68. The van der Waals surface area contributed by atoms with E-state index in [1.807, 2.05) is 17.8 Å². The summed E-state index contributed by atoms with van der Waals surface area (Å²) < 4.78 is 11.0. The predicted octanol–water partition coefficient (Wildman–Crippen LogP) is 1.000. The summed E-state index contributed by atoms with van der Waals surface area (Å²) in [6.45, 7) is 3.52. The van der Waals surface area contributed by atoms with Crippen molar-refractivity contribution in [1.82, 2.24) is 10.3 Å². The minimum absolute atomic E-state index is 0.207. The highest BCUT2D eigenvalue weighted by Crippen LogP contribution is 2.00. The molecule has 0 fully saturated rings. The van der Waals surface area contributed by atoms with Crippen LogP contribution in [0, 0.1) is 0 Å². The number of rotatable bonds is 5. The Bertz CT molecular complexity index is 261. The molecule has 1 heterocycles. The van der Waals surface area contributed by atoms with Gasteiger partial charge in [-0.2, -0.15) is 0 Å². The summed E-state index contributed by atoms with van der Waals surface area (Å²) in [6, 6.07) is 0. The molecule has 0 aliphatic heterocycles. The number of thiazole rings is 1. The molecule has 0 aliphatic rings. The van der Waals surface area contributed by atoms with Gasteiger partial charge in [-0.15, -0.1) is 11.3 Å². The normalized spacial score (nSPS) is 15.5. The van der Waals surface area contributed by atoms with Crippen LogP contribution in [0.1, 0.15) is 12.6 Å². The Morgan fingerprint density at radius 2 is 2.54 bits per heavy atom. The summed E-state index contributed by atoms with van der Waals surface area (Å²) in [5.74, 6) is 0. The molecule has 0 saturated carbocycles. The fraction of sp³-hybridized carbons (Fsp3) is 0.625. The van der Waals surface area contributed by atoms with Crippen molar-refractivity contribution >= 4 is 22.1 Å². The summed E-state index contributed by atoms with van der Waals surface area (Å²) in [4.78, 5) is 4.14. The van der Waals surface area contributed by atoms with Gasteiger partial charge >= 0.3 is 0 Å². The zero-order valence-electron chi connectivity index (χ0n) is 7.82. The van der Waals surface area contributed by atoms with E-state index in [9.17, 15) is 4.21 Å². The Kier molecular flexibility index (Phi) is 4.55. The summed E-state index contributed by atoms with van der Waals surface area (Å²) in [6.07, 6.45) is 1.73. The van der Waals surface area contributed by atoms with Gasteiger partial charge in [-0.25, -0.2) is 4.98 Å². The third kappa shape index (κ3) is 3.97.